The summed E-state index contributed by atoms with van der Waals surface area (Å²) in [4.78, 5) is 0. The number of rotatable bonds is 1. The van der Waals surface area contributed by atoms with Gasteiger partial charge in [-0.15, -0.1) is 0 Å². The zero-order valence-corrected chi connectivity index (χ0v) is 9.95. The first kappa shape index (κ1) is 9.71. The van der Waals surface area contributed by atoms with Gasteiger partial charge in [0, 0.05) is 13.5 Å². The van der Waals surface area contributed by atoms with Crippen LogP contribution in [0.2, 0.25) is 0 Å². The van der Waals surface area contributed by atoms with E-state index in [0.717, 1.165) is 11.0 Å². The molecule has 1 unspecified atom stereocenters. The molecule has 1 atom stereocenters. The molecule has 14 heavy (non-hydrogen) atoms. The molecule has 1 aliphatic rings. The Morgan fingerprint density at radius 2 is 2.14 bits per heavy atom. The van der Waals surface area contributed by atoms with Crippen molar-refractivity contribution in [1.82, 2.24) is 5.01 Å². The minimum absolute atomic E-state index is 0.394. The summed E-state index contributed by atoms with van der Waals surface area (Å²) in [6.07, 6.45) is 0.974. The van der Waals surface area contributed by atoms with Crippen molar-refractivity contribution < 1.29 is 0 Å². The van der Waals surface area contributed by atoms with Crippen LogP contribution in [0.15, 0.2) is 29.4 Å². The molecule has 0 saturated carbocycles. The maximum absolute atomic E-state index is 4.35. The third kappa shape index (κ3) is 1.69. The number of hydrogen-bond donors (Lipinski definition) is 0. The molecule has 0 spiro atoms. The minimum Gasteiger partial charge on any atom is -0.291 e. The van der Waals surface area contributed by atoms with Gasteiger partial charge in [-0.05, 0) is 34.0 Å². The fourth-order valence-corrected chi connectivity index (χ4v) is 2.40. The Kier molecular flexibility index (Phi) is 2.59. The van der Waals surface area contributed by atoms with Gasteiger partial charge in [0.2, 0.25) is 0 Å². The third-order valence-electron chi connectivity index (χ3n) is 2.63. The van der Waals surface area contributed by atoms with Crippen molar-refractivity contribution >= 4 is 20.6 Å². The Hall–Kier alpha value is -0.830. The second-order valence-corrected chi connectivity index (χ2v) is 4.54. The Morgan fingerprint density at radius 1 is 1.43 bits per heavy atom. The molecule has 2 nitrogen and oxygen atoms in total. The van der Waals surface area contributed by atoms with Crippen LogP contribution < -0.4 is 0 Å². The molecular weight excluding hydrogens is 240 g/mol. The minimum atomic E-state index is 0.394. The smallest absolute Gasteiger partial charge is 0.105 e. The van der Waals surface area contributed by atoms with E-state index in [9.17, 15) is 0 Å². The van der Waals surface area contributed by atoms with Crippen LogP contribution in [0.25, 0.3) is 0 Å². The van der Waals surface area contributed by atoms with Crippen LogP contribution >= 0.6 is 15.9 Å². The lowest BCUT2D eigenvalue weighted by atomic mass is 10.00. The average molecular weight is 253 g/mol. The SMILES string of the molecule is Cc1ccccc1C1CC(Br)=NN1C. The van der Waals surface area contributed by atoms with E-state index in [0.29, 0.717) is 6.04 Å². The van der Waals surface area contributed by atoms with Gasteiger partial charge in [-0.1, -0.05) is 24.3 Å². The molecule has 74 valence electrons. The van der Waals surface area contributed by atoms with Crippen molar-refractivity contribution in [3.05, 3.63) is 35.4 Å². The highest BCUT2D eigenvalue weighted by atomic mass is 79.9. The van der Waals surface area contributed by atoms with Crippen LogP contribution in [0, 0.1) is 6.92 Å². The van der Waals surface area contributed by atoms with Gasteiger partial charge in [0.05, 0.1) is 6.04 Å². The highest BCUT2D eigenvalue weighted by Crippen LogP contribution is 2.32. The van der Waals surface area contributed by atoms with E-state index in [2.05, 4.69) is 52.2 Å². The molecule has 1 heterocycles. The van der Waals surface area contributed by atoms with Crippen molar-refractivity contribution in [3.8, 4) is 0 Å². The van der Waals surface area contributed by atoms with Crippen LogP contribution in [-0.4, -0.2) is 16.7 Å². The molecule has 0 N–H and O–H groups in total. The van der Waals surface area contributed by atoms with Gasteiger partial charge in [-0.3, -0.25) is 5.01 Å². The number of hydrazone groups is 1. The van der Waals surface area contributed by atoms with Gasteiger partial charge in [0.15, 0.2) is 0 Å². The first-order chi connectivity index (χ1) is 6.68. The van der Waals surface area contributed by atoms with E-state index >= 15 is 0 Å². The highest BCUT2D eigenvalue weighted by Gasteiger charge is 2.24. The molecule has 0 aromatic heterocycles. The van der Waals surface area contributed by atoms with Gasteiger partial charge in [0.25, 0.3) is 0 Å². The summed E-state index contributed by atoms with van der Waals surface area (Å²) in [5.41, 5.74) is 2.70. The normalized spacial score (nSPS) is 21.2. The summed E-state index contributed by atoms with van der Waals surface area (Å²) in [7, 11) is 2.02. The molecule has 0 amide bonds. The molecule has 2 rings (SSSR count). The molecule has 0 fully saturated rings. The summed E-state index contributed by atoms with van der Waals surface area (Å²) in [6.45, 7) is 2.15. The van der Waals surface area contributed by atoms with Crippen LogP contribution in [0.1, 0.15) is 23.6 Å². The first-order valence-corrected chi connectivity index (χ1v) is 5.49. The molecule has 1 aromatic rings. The molecular formula is C11H13BrN2. The average Bonchev–Trinajstić information content (AvgIpc) is 2.46. The second kappa shape index (κ2) is 3.73. The summed E-state index contributed by atoms with van der Waals surface area (Å²) in [5.74, 6) is 0. The number of halogens is 1. The fourth-order valence-electron chi connectivity index (χ4n) is 1.85. The predicted octanol–water partition coefficient (Wildman–Crippen LogP) is 3.08. The molecule has 0 bridgehead atoms. The van der Waals surface area contributed by atoms with Gasteiger partial charge >= 0.3 is 0 Å². The van der Waals surface area contributed by atoms with Gasteiger partial charge < -0.3 is 0 Å². The summed E-state index contributed by atoms with van der Waals surface area (Å²) >= 11 is 3.45. The van der Waals surface area contributed by atoms with Crippen molar-refractivity contribution in [1.29, 1.82) is 0 Å². The maximum Gasteiger partial charge on any atom is 0.105 e. The van der Waals surface area contributed by atoms with Crippen molar-refractivity contribution in [3.63, 3.8) is 0 Å². The molecule has 1 aliphatic heterocycles. The number of nitrogens with zero attached hydrogens (tertiary/aromatic N) is 2. The molecule has 0 saturated heterocycles. The summed E-state index contributed by atoms with van der Waals surface area (Å²) in [5, 5.41) is 6.37. The lowest BCUT2D eigenvalue weighted by Gasteiger charge is -2.20. The fraction of sp³-hybridized carbons (Fsp3) is 0.364. The lowest BCUT2D eigenvalue weighted by Crippen LogP contribution is -2.14. The van der Waals surface area contributed by atoms with E-state index < -0.39 is 0 Å². The van der Waals surface area contributed by atoms with E-state index in [-0.39, 0.29) is 0 Å². The zero-order valence-electron chi connectivity index (χ0n) is 8.37. The maximum atomic E-state index is 4.35. The van der Waals surface area contributed by atoms with Crippen molar-refractivity contribution in [2.45, 2.75) is 19.4 Å². The van der Waals surface area contributed by atoms with E-state index in [1.807, 2.05) is 12.1 Å². The highest BCUT2D eigenvalue weighted by molar-refractivity contribution is 9.18. The summed E-state index contributed by atoms with van der Waals surface area (Å²) in [6, 6.07) is 8.88. The second-order valence-electron chi connectivity index (χ2n) is 3.63. The lowest BCUT2D eigenvalue weighted by molar-refractivity contribution is 0.289. The summed E-state index contributed by atoms with van der Waals surface area (Å²) < 4.78 is 1.04. The van der Waals surface area contributed by atoms with Crippen molar-refractivity contribution in [2.75, 3.05) is 7.05 Å². The van der Waals surface area contributed by atoms with Crippen LogP contribution in [0.3, 0.4) is 0 Å². The Bertz CT molecular complexity index is 373. The van der Waals surface area contributed by atoms with Gasteiger partial charge in [-0.25, -0.2) is 0 Å². The van der Waals surface area contributed by atoms with Crippen LogP contribution in [0.4, 0.5) is 0 Å². The Morgan fingerprint density at radius 3 is 2.71 bits per heavy atom. The largest absolute Gasteiger partial charge is 0.291 e. The number of aryl methyl sites for hydroxylation is 1. The number of benzene rings is 1. The topological polar surface area (TPSA) is 15.6 Å². The van der Waals surface area contributed by atoms with Crippen molar-refractivity contribution in [2.24, 2.45) is 5.10 Å². The Balaban J connectivity index is 2.30. The zero-order chi connectivity index (χ0) is 10.1. The number of hydrogen-bond acceptors (Lipinski definition) is 2. The molecule has 3 heteroatoms. The molecule has 0 aliphatic carbocycles. The standard InChI is InChI=1S/C11H13BrN2/c1-8-5-3-4-6-9(8)10-7-11(12)13-14(10)2/h3-6,10H,7H2,1-2H3. The first-order valence-electron chi connectivity index (χ1n) is 4.70. The monoisotopic (exact) mass is 252 g/mol. The van der Waals surface area contributed by atoms with Crippen LogP contribution in [-0.2, 0) is 0 Å². The van der Waals surface area contributed by atoms with Gasteiger partial charge in [-0.2, -0.15) is 5.10 Å². The third-order valence-corrected chi connectivity index (χ3v) is 3.11. The molecule has 1 aromatic carbocycles. The van der Waals surface area contributed by atoms with E-state index in [4.69, 9.17) is 0 Å². The molecule has 0 radical (unpaired) electrons. The van der Waals surface area contributed by atoms with Gasteiger partial charge in [0.1, 0.15) is 4.62 Å². The predicted molar refractivity (Wildman–Crippen MR) is 62.7 cm³/mol. The quantitative estimate of drug-likeness (QED) is 0.750. The van der Waals surface area contributed by atoms with E-state index in [1.54, 1.807) is 0 Å². The van der Waals surface area contributed by atoms with E-state index in [1.165, 1.54) is 11.1 Å². The van der Waals surface area contributed by atoms with Crippen LogP contribution in [0.5, 0.6) is 0 Å². The Labute approximate surface area is 92.7 Å².